The largest absolute Gasteiger partial charge is 0.466 e. The molecule has 1 saturated heterocycles. The summed E-state index contributed by atoms with van der Waals surface area (Å²) in [4.78, 5) is 42.6. The van der Waals surface area contributed by atoms with Crippen LogP contribution in [0.15, 0.2) is 132 Å². The zero-order valence-electron chi connectivity index (χ0n) is 29.9. The molecule has 0 unspecified atom stereocenters. The minimum Gasteiger partial charge on any atom is -0.466 e. The fourth-order valence-electron chi connectivity index (χ4n) is 7.13. The van der Waals surface area contributed by atoms with Gasteiger partial charge in [0.1, 0.15) is 0 Å². The molecule has 6 rings (SSSR count). The zero-order valence-corrected chi connectivity index (χ0v) is 31.5. The van der Waals surface area contributed by atoms with Gasteiger partial charge in [-0.2, -0.15) is 0 Å². The van der Waals surface area contributed by atoms with E-state index < -0.39 is 22.8 Å². The van der Waals surface area contributed by atoms with Crippen molar-refractivity contribution in [3.05, 3.63) is 164 Å². The Bertz CT molecular complexity index is 1910. The lowest BCUT2D eigenvalue weighted by Crippen LogP contribution is -2.48. The number of nitro groups is 1. The maximum Gasteiger partial charge on any atom is 0.336 e. The molecule has 2 aliphatic rings. The lowest BCUT2D eigenvalue weighted by atomic mass is 9.80. The standard InChI is InChI=1S/C41H42N4O6.2ClH/c1-28-36(40(46)50-3)38(33-15-10-16-35(27-33)45(48)49)37(29(2)42-28)41(47)51-26-21-30-17-19-34(20-18-30)43-22-24-44(25-23-43)39(31-11-6-4-7-12-31)32-13-8-5-9-14-32;;/h4-20,27,38-39,42H,21-26H2,1-3H3;2*1H/t38-;;/m1../s1. The van der Waals surface area contributed by atoms with Crippen molar-refractivity contribution in [3.63, 3.8) is 0 Å². The molecule has 278 valence electrons. The van der Waals surface area contributed by atoms with Crippen molar-refractivity contribution in [2.45, 2.75) is 32.2 Å². The Morgan fingerprint density at radius 2 is 1.36 bits per heavy atom. The van der Waals surface area contributed by atoms with E-state index in [1.54, 1.807) is 19.9 Å². The van der Waals surface area contributed by atoms with E-state index in [9.17, 15) is 19.7 Å². The molecule has 0 amide bonds. The summed E-state index contributed by atoms with van der Waals surface area (Å²) in [5.41, 5.74) is 6.44. The van der Waals surface area contributed by atoms with Crippen LogP contribution in [0, 0.1) is 10.1 Å². The van der Waals surface area contributed by atoms with Gasteiger partial charge in [-0.05, 0) is 48.2 Å². The van der Waals surface area contributed by atoms with E-state index >= 15 is 0 Å². The number of carbonyl (C=O) groups excluding carboxylic acids is 2. The van der Waals surface area contributed by atoms with Gasteiger partial charge in [0.2, 0.25) is 0 Å². The zero-order chi connectivity index (χ0) is 35.9. The van der Waals surface area contributed by atoms with Crippen LogP contribution < -0.4 is 10.2 Å². The number of halogens is 2. The number of ether oxygens (including phenoxy) is 2. The highest BCUT2D eigenvalue weighted by Gasteiger charge is 2.38. The molecule has 12 heteroatoms. The average molecular weight is 760 g/mol. The molecule has 0 bridgehead atoms. The number of rotatable bonds is 11. The minimum absolute atomic E-state index is 0. The van der Waals surface area contributed by atoms with Crippen LogP contribution in [0.5, 0.6) is 0 Å². The molecule has 53 heavy (non-hydrogen) atoms. The number of piperazine rings is 1. The normalized spacial score (nSPS) is 15.9. The molecule has 4 aromatic carbocycles. The van der Waals surface area contributed by atoms with Crippen molar-refractivity contribution in [2.75, 3.05) is 44.8 Å². The number of methoxy groups -OCH3 is 1. The molecule has 2 heterocycles. The summed E-state index contributed by atoms with van der Waals surface area (Å²) in [6, 6.07) is 35.8. The number of allylic oxidation sites excluding steroid dienone is 2. The Hall–Kier alpha value is -5.16. The van der Waals surface area contributed by atoms with E-state index in [-0.39, 0.29) is 54.3 Å². The highest BCUT2D eigenvalue weighted by Crippen LogP contribution is 2.40. The second-order valence-corrected chi connectivity index (χ2v) is 12.8. The molecule has 1 atom stereocenters. The number of hydrogen-bond acceptors (Lipinski definition) is 9. The molecule has 1 N–H and O–H groups in total. The maximum absolute atomic E-state index is 13.6. The second kappa shape index (κ2) is 18.6. The number of benzene rings is 4. The molecule has 2 aliphatic heterocycles. The summed E-state index contributed by atoms with van der Waals surface area (Å²) >= 11 is 0. The fourth-order valence-corrected chi connectivity index (χ4v) is 7.13. The van der Waals surface area contributed by atoms with Gasteiger partial charge in [0.25, 0.3) is 5.69 Å². The van der Waals surface area contributed by atoms with Gasteiger partial charge < -0.3 is 19.7 Å². The maximum atomic E-state index is 13.6. The molecule has 1 fully saturated rings. The SMILES string of the molecule is COC(=O)C1=C(C)NC(C)=C(C(=O)OCCc2ccc(N3CCN(C(c4ccccc4)c4ccccc4)CC3)cc2)[C@@H]1c1cccc([N+](=O)[O-])c1.Cl.Cl. The van der Waals surface area contributed by atoms with Gasteiger partial charge in [-0.25, -0.2) is 9.59 Å². The summed E-state index contributed by atoms with van der Waals surface area (Å²) in [5.74, 6) is -2.14. The summed E-state index contributed by atoms with van der Waals surface area (Å²) in [5, 5.41) is 14.7. The lowest BCUT2D eigenvalue weighted by molar-refractivity contribution is -0.384. The van der Waals surface area contributed by atoms with Crippen LogP contribution >= 0.6 is 24.8 Å². The number of nitrogens with zero attached hydrogens (tertiary/aromatic N) is 3. The summed E-state index contributed by atoms with van der Waals surface area (Å²) in [6.45, 7) is 7.22. The summed E-state index contributed by atoms with van der Waals surface area (Å²) < 4.78 is 10.8. The van der Waals surface area contributed by atoms with Gasteiger partial charge in [0.15, 0.2) is 0 Å². The number of non-ortho nitro benzene ring substituents is 1. The molecule has 4 aromatic rings. The number of hydrogen-bond donors (Lipinski definition) is 1. The third-order valence-electron chi connectivity index (χ3n) is 9.64. The van der Waals surface area contributed by atoms with Crippen molar-refractivity contribution >= 4 is 48.1 Å². The molecule has 10 nitrogen and oxygen atoms in total. The monoisotopic (exact) mass is 758 g/mol. The third-order valence-corrected chi connectivity index (χ3v) is 9.64. The predicted molar refractivity (Wildman–Crippen MR) is 211 cm³/mol. The van der Waals surface area contributed by atoms with E-state index in [0.717, 1.165) is 37.4 Å². The first-order valence-electron chi connectivity index (χ1n) is 17.1. The molecular weight excluding hydrogens is 715 g/mol. The van der Waals surface area contributed by atoms with Gasteiger partial charge in [0.05, 0.1) is 41.7 Å². The van der Waals surface area contributed by atoms with E-state index in [4.69, 9.17) is 9.47 Å². The molecule has 0 saturated carbocycles. The number of nitro benzene ring substituents is 1. The van der Waals surface area contributed by atoms with Crippen molar-refractivity contribution in [1.29, 1.82) is 0 Å². The van der Waals surface area contributed by atoms with Crippen LogP contribution in [0.1, 0.15) is 48.1 Å². The van der Waals surface area contributed by atoms with E-state index in [1.807, 2.05) is 0 Å². The van der Waals surface area contributed by atoms with Crippen LogP contribution in [-0.4, -0.2) is 61.7 Å². The minimum atomic E-state index is -0.901. The number of dihydropyridines is 1. The van der Waals surface area contributed by atoms with Crippen LogP contribution in [0.2, 0.25) is 0 Å². The number of esters is 2. The van der Waals surface area contributed by atoms with Crippen molar-refractivity contribution in [1.82, 2.24) is 10.2 Å². The van der Waals surface area contributed by atoms with Crippen LogP contribution in [0.4, 0.5) is 11.4 Å². The second-order valence-electron chi connectivity index (χ2n) is 12.8. The van der Waals surface area contributed by atoms with E-state index in [0.29, 0.717) is 23.4 Å². The van der Waals surface area contributed by atoms with E-state index in [2.05, 4.69) is 100 Å². The summed E-state index contributed by atoms with van der Waals surface area (Å²) in [7, 11) is 1.26. The van der Waals surface area contributed by atoms with Crippen LogP contribution in [-0.2, 0) is 25.5 Å². The quantitative estimate of drug-likeness (QED) is 0.0942. The summed E-state index contributed by atoms with van der Waals surface area (Å²) in [6.07, 6.45) is 0.496. The van der Waals surface area contributed by atoms with E-state index in [1.165, 1.54) is 36.4 Å². The predicted octanol–water partition coefficient (Wildman–Crippen LogP) is 7.54. The van der Waals surface area contributed by atoms with Crippen molar-refractivity contribution in [2.24, 2.45) is 0 Å². The first-order chi connectivity index (χ1) is 24.7. The van der Waals surface area contributed by atoms with Gasteiger partial charge in [0, 0.05) is 61.8 Å². The first-order valence-corrected chi connectivity index (χ1v) is 17.1. The Morgan fingerprint density at radius 1 is 0.792 bits per heavy atom. The number of anilines is 1. The Morgan fingerprint density at radius 3 is 1.91 bits per heavy atom. The molecule has 0 radical (unpaired) electrons. The Labute approximate surface area is 322 Å². The molecule has 0 aromatic heterocycles. The number of carbonyl (C=O) groups is 2. The smallest absolute Gasteiger partial charge is 0.336 e. The molecule has 0 spiro atoms. The molecular formula is C41H44Cl2N4O6. The lowest BCUT2D eigenvalue weighted by Gasteiger charge is -2.40. The topological polar surface area (TPSA) is 114 Å². The van der Waals surface area contributed by atoms with Gasteiger partial charge in [-0.15, -0.1) is 24.8 Å². The third kappa shape index (κ3) is 9.26. The van der Waals surface area contributed by atoms with Crippen LogP contribution in [0.3, 0.4) is 0 Å². The fraction of sp³-hybridized carbons (Fsp3) is 0.268. The van der Waals surface area contributed by atoms with Crippen LogP contribution in [0.25, 0.3) is 0 Å². The van der Waals surface area contributed by atoms with Gasteiger partial charge >= 0.3 is 11.9 Å². The Kier molecular flexibility index (Phi) is 14.2. The molecule has 0 aliphatic carbocycles. The highest BCUT2D eigenvalue weighted by atomic mass is 35.5. The van der Waals surface area contributed by atoms with Crippen molar-refractivity contribution in [3.8, 4) is 0 Å². The highest BCUT2D eigenvalue weighted by molar-refractivity contribution is 6.00. The average Bonchev–Trinajstić information content (AvgIpc) is 3.16. The van der Waals surface area contributed by atoms with Gasteiger partial charge in [-0.3, -0.25) is 15.0 Å². The number of nitrogens with one attached hydrogen (secondary N) is 1. The first kappa shape index (κ1) is 40.6. The Balaban J connectivity index is 0.00000314. The van der Waals surface area contributed by atoms with Crippen molar-refractivity contribution < 1.29 is 24.0 Å². The van der Waals surface area contributed by atoms with Gasteiger partial charge in [-0.1, -0.05) is 84.9 Å².